The predicted octanol–water partition coefficient (Wildman–Crippen LogP) is 3.08. The number of ether oxygens (including phenoxy) is 2. The van der Waals surface area contributed by atoms with Crippen LogP contribution < -0.4 is 0 Å². The van der Waals surface area contributed by atoms with Crippen LogP contribution in [0.2, 0.25) is 0 Å². The Morgan fingerprint density at radius 2 is 1.68 bits per heavy atom. The largest absolute Gasteiger partial charge is 0.417 e. The third-order valence-electron chi connectivity index (χ3n) is 4.23. The Morgan fingerprint density at radius 3 is 2.39 bits per heavy atom. The van der Waals surface area contributed by atoms with E-state index >= 15 is 0 Å². The van der Waals surface area contributed by atoms with Crippen molar-refractivity contribution in [3.63, 3.8) is 0 Å². The number of aromatic nitrogens is 2. The number of imidazole rings is 1. The van der Waals surface area contributed by atoms with Gasteiger partial charge in [0.1, 0.15) is 5.69 Å². The quantitative estimate of drug-likeness (QED) is 0.559. The van der Waals surface area contributed by atoms with Crippen LogP contribution in [-0.2, 0) is 19.1 Å². The molecule has 7 nitrogen and oxygen atoms in total. The van der Waals surface area contributed by atoms with Gasteiger partial charge in [-0.05, 0) is 23.8 Å². The highest BCUT2D eigenvalue weighted by Gasteiger charge is 2.29. The number of carbonyl (C=O) groups is 3. The van der Waals surface area contributed by atoms with Gasteiger partial charge in [-0.1, -0.05) is 36.4 Å². The number of aromatic amines is 1. The van der Waals surface area contributed by atoms with Crippen molar-refractivity contribution in [1.29, 1.82) is 0 Å². The fourth-order valence-corrected chi connectivity index (χ4v) is 2.85. The highest BCUT2D eigenvalue weighted by Crippen LogP contribution is 2.27. The Hall–Kier alpha value is -4.00. The van der Waals surface area contributed by atoms with Gasteiger partial charge >= 0.3 is 11.9 Å². The summed E-state index contributed by atoms with van der Waals surface area (Å²) >= 11 is 0. The number of benzene rings is 2. The van der Waals surface area contributed by atoms with E-state index in [9.17, 15) is 14.4 Å². The second-order valence-corrected chi connectivity index (χ2v) is 6.10. The lowest BCUT2D eigenvalue weighted by atomic mass is 10.0. The number of Topliss-reactive ketones (excluding diaryl/α,β-unsaturated/α-hetero) is 1. The first-order valence-electron chi connectivity index (χ1n) is 8.43. The summed E-state index contributed by atoms with van der Waals surface area (Å²) in [6.07, 6.45) is 3.23. The number of ketones is 1. The molecule has 1 aliphatic heterocycles. The Labute approximate surface area is 159 Å². The van der Waals surface area contributed by atoms with Gasteiger partial charge in [0.2, 0.25) is 17.3 Å². The normalized spacial score (nSPS) is 18.2. The van der Waals surface area contributed by atoms with Gasteiger partial charge in [-0.15, -0.1) is 0 Å². The Bertz CT molecular complexity index is 1190. The molecule has 0 fully saturated rings. The minimum Gasteiger partial charge on any atom is -0.417 e. The van der Waals surface area contributed by atoms with Crippen LogP contribution in [-0.4, -0.2) is 27.7 Å². The average molecular weight is 374 g/mol. The maximum absolute atomic E-state index is 13.2. The molecule has 0 aliphatic carbocycles. The van der Waals surface area contributed by atoms with Crippen molar-refractivity contribution in [2.75, 3.05) is 0 Å². The Morgan fingerprint density at radius 1 is 0.964 bits per heavy atom. The molecule has 0 radical (unpaired) electrons. The number of esters is 2. The van der Waals surface area contributed by atoms with E-state index in [2.05, 4.69) is 9.97 Å². The number of fused-ring (bicyclic) bond motifs is 1. The van der Waals surface area contributed by atoms with E-state index in [-0.39, 0.29) is 17.0 Å². The molecular weight excluding hydrogens is 360 g/mol. The molecule has 0 bridgehead atoms. The standard InChI is InChI=1S/C21H14N2O5/c1-12-18(23-11-22-12)20-21(28-17(25)9-8-16(24)27-20)19(26)15-7-6-13-4-2-3-5-14(13)10-15/h2-11H,1H3,(H,22,23)/b9-8-,21-20+. The average Bonchev–Trinajstić information content (AvgIpc) is 3.12. The van der Waals surface area contributed by atoms with E-state index in [0.717, 1.165) is 22.9 Å². The molecule has 2 heterocycles. The zero-order valence-corrected chi connectivity index (χ0v) is 14.8. The number of nitrogens with zero attached hydrogens (tertiary/aromatic N) is 1. The van der Waals surface area contributed by atoms with Gasteiger partial charge in [-0.25, -0.2) is 14.6 Å². The smallest absolute Gasteiger partial charge is 0.336 e. The third kappa shape index (κ3) is 3.21. The van der Waals surface area contributed by atoms with Gasteiger partial charge in [0, 0.05) is 23.4 Å². The van der Waals surface area contributed by atoms with E-state index in [0.29, 0.717) is 5.69 Å². The number of H-pyrrole nitrogens is 1. The van der Waals surface area contributed by atoms with Gasteiger partial charge in [-0.2, -0.15) is 0 Å². The molecule has 7 heteroatoms. The van der Waals surface area contributed by atoms with E-state index in [4.69, 9.17) is 9.47 Å². The molecule has 0 atom stereocenters. The minimum absolute atomic E-state index is 0.209. The summed E-state index contributed by atoms with van der Waals surface area (Å²) in [7, 11) is 0. The van der Waals surface area contributed by atoms with Gasteiger partial charge in [-0.3, -0.25) is 4.79 Å². The molecule has 138 valence electrons. The molecule has 2 aromatic carbocycles. The van der Waals surface area contributed by atoms with Crippen molar-refractivity contribution in [2.45, 2.75) is 6.92 Å². The lowest BCUT2D eigenvalue weighted by Crippen LogP contribution is -2.18. The molecule has 0 unspecified atom stereocenters. The molecular formula is C21H14N2O5. The number of hydrogen-bond acceptors (Lipinski definition) is 6. The van der Waals surface area contributed by atoms with Crippen LogP contribution >= 0.6 is 0 Å². The van der Waals surface area contributed by atoms with Gasteiger partial charge in [0.05, 0.1) is 6.33 Å². The lowest BCUT2D eigenvalue weighted by Gasteiger charge is -2.15. The van der Waals surface area contributed by atoms with Crippen molar-refractivity contribution in [3.8, 4) is 0 Å². The highest BCUT2D eigenvalue weighted by atomic mass is 16.6. The van der Waals surface area contributed by atoms with Gasteiger partial charge in [0.15, 0.2) is 0 Å². The SMILES string of the molecule is Cc1[nH]cnc1/C1=C(/C(=O)c2ccc3ccccc3c2)OC(=O)/C=C\C(=O)O1. The van der Waals surface area contributed by atoms with Crippen molar-refractivity contribution in [3.05, 3.63) is 83.7 Å². The maximum atomic E-state index is 13.2. The molecule has 1 aliphatic rings. The fourth-order valence-electron chi connectivity index (χ4n) is 2.85. The molecule has 0 amide bonds. The topological polar surface area (TPSA) is 98.4 Å². The van der Waals surface area contributed by atoms with Gasteiger partial charge < -0.3 is 14.5 Å². The summed E-state index contributed by atoms with van der Waals surface area (Å²) in [4.78, 5) is 44.1. The summed E-state index contributed by atoms with van der Waals surface area (Å²) in [5.74, 6) is -2.86. The zero-order valence-electron chi connectivity index (χ0n) is 14.8. The second-order valence-electron chi connectivity index (χ2n) is 6.10. The number of rotatable bonds is 3. The zero-order chi connectivity index (χ0) is 19.7. The number of carbonyl (C=O) groups excluding carboxylic acids is 3. The van der Waals surface area contributed by atoms with E-state index in [1.165, 1.54) is 6.33 Å². The van der Waals surface area contributed by atoms with Crippen LogP contribution in [0.5, 0.6) is 0 Å². The lowest BCUT2D eigenvalue weighted by molar-refractivity contribution is -0.137. The summed E-state index contributed by atoms with van der Waals surface area (Å²) in [5.41, 5.74) is 1.04. The number of allylic oxidation sites excluding steroid dienone is 1. The van der Waals surface area contributed by atoms with Crippen molar-refractivity contribution < 1.29 is 23.9 Å². The van der Waals surface area contributed by atoms with E-state index in [1.54, 1.807) is 25.1 Å². The minimum atomic E-state index is -0.855. The predicted molar refractivity (Wildman–Crippen MR) is 99.8 cm³/mol. The molecule has 0 saturated heterocycles. The number of hydrogen-bond donors (Lipinski definition) is 1. The molecule has 28 heavy (non-hydrogen) atoms. The number of aryl methyl sites for hydroxylation is 1. The fraction of sp³-hybridized carbons (Fsp3) is 0.0476. The van der Waals surface area contributed by atoms with Crippen LogP contribution in [0.1, 0.15) is 21.7 Å². The van der Waals surface area contributed by atoms with Crippen LogP contribution in [0.4, 0.5) is 0 Å². The molecule has 3 aromatic rings. The van der Waals surface area contributed by atoms with Crippen molar-refractivity contribution in [2.24, 2.45) is 0 Å². The van der Waals surface area contributed by atoms with Gasteiger partial charge in [0.25, 0.3) is 0 Å². The van der Waals surface area contributed by atoms with Crippen LogP contribution in [0.15, 0.2) is 66.7 Å². The summed E-state index contributed by atoms with van der Waals surface area (Å²) in [6.45, 7) is 1.69. The second kappa shape index (κ2) is 6.96. The van der Waals surface area contributed by atoms with E-state index in [1.807, 2.05) is 24.3 Å². The van der Waals surface area contributed by atoms with Crippen LogP contribution in [0, 0.1) is 6.92 Å². The Balaban J connectivity index is 1.88. The first-order valence-corrected chi connectivity index (χ1v) is 8.43. The Kier molecular flexibility index (Phi) is 4.33. The molecule has 0 spiro atoms. The van der Waals surface area contributed by atoms with Crippen molar-refractivity contribution in [1.82, 2.24) is 9.97 Å². The molecule has 4 rings (SSSR count). The van der Waals surface area contributed by atoms with E-state index < -0.39 is 23.5 Å². The first kappa shape index (κ1) is 17.4. The number of cyclic esters (lactones) is 2. The monoisotopic (exact) mass is 374 g/mol. The van der Waals surface area contributed by atoms with Crippen LogP contribution in [0.3, 0.4) is 0 Å². The molecule has 1 aromatic heterocycles. The number of nitrogens with one attached hydrogen (secondary N) is 1. The molecule has 0 saturated carbocycles. The summed E-state index contributed by atoms with van der Waals surface area (Å²) in [6, 6.07) is 12.6. The van der Waals surface area contributed by atoms with Crippen LogP contribution in [0.25, 0.3) is 16.5 Å². The molecule has 1 N–H and O–H groups in total. The summed E-state index contributed by atoms with van der Waals surface area (Å²) < 4.78 is 10.5. The highest BCUT2D eigenvalue weighted by molar-refractivity contribution is 6.15. The first-order chi connectivity index (χ1) is 13.5. The maximum Gasteiger partial charge on any atom is 0.336 e. The summed E-state index contributed by atoms with van der Waals surface area (Å²) in [5, 5.41) is 1.81. The van der Waals surface area contributed by atoms with Crippen molar-refractivity contribution >= 4 is 34.3 Å². The third-order valence-corrected chi connectivity index (χ3v) is 4.23.